The third-order valence-electron chi connectivity index (χ3n) is 4.81. The molecule has 2 aromatic rings. The van der Waals surface area contributed by atoms with Crippen LogP contribution in [0.3, 0.4) is 0 Å². The molecule has 0 heterocycles. The fourth-order valence-corrected chi connectivity index (χ4v) is 3.29. The van der Waals surface area contributed by atoms with E-state index in [4.69, 9.17) is 21.1 Å². The molecule has 0 aromatic heterocycles. The van der Waals surface area contributed by atoms with Gasteiger partial charge in [-0.25, -0.2) is 0 Å². The van der Waals surface area contributed by atoms with Gasteiger partial charge in [0.1, 0.15) is 12.4 Å². The van der Waals surface area contributed by atoms with Gasteiger partial charge in [-0.05, 0) is 72.6 Å². The van der Waals surface area contributed by atoms with E-state index >= 15 is 0 Å². The van der Waals surface area contributed by atoms with Crippen molar-refractivity contribution in [2.45, 2.75) is 45.6 Å². The highest BCUT2D eigenvalue weighted by Crippen LogP contribution is 2.43. The molecule has 1 saturated carbocycles. The van der Waals surface area contributed by atoms with Crippen LogP contribution < -0.4 is 4.74 Å². The lowest BCUT2D eigenvalue weighted by Gasteiger charge is -2.16. The van der Waals surface area contributed by atoms with Gasteiger partial charge < -0.3 is 9.47 Å². The van der Waals surface area contributed by atoms with E-state index in [1.807, 2.05) is 38.1 Å². The molecule has 3 rings (SSSR count). The molecule has 0 radical (unpaired) electrons. The molecule has 1 aliphatic rings. The zero-order chi connectivity index (χ0) is 18.0. The number of carbonyl (C=O) groups excluding carboxylic acids is 1. The average Bonchev–Trinajstić information content (AvgIpc) is 3.42. The van der Waals surface area contributed by atoms with Gasteiger partial charge in [0.2, 0.25) is 0 Å². The number of hydrogen-bond acceptors (Lipinski definition) is 3. The molecule has 0 unspecified atom stereocenters. The molecule has 2 aromatic carbocycles. The number of ether oxygens (including phenoxy) is 2. The molecule has 0 saturated heterocycles. The predicted molar refractivity (Wildman–Crippen MR) is 99.4 cm³/mol. The first-order valence-electron chi connectivity index (χ1n) is 8.56. The molecule has 4 heteroatoms. The maximum Gasteiger partial charge on any atom is 0.309 e. The average molecular weight is 359 g/mol. The van der Waals surface area contributed by atoms with E-state index in [0.29, 0.717) is 23.3 Å². The fourth-order valence-electron chi connectivity index (χ4n) is 3.02. The van der Waals surface area contributed by atoms with Gasteiger partial charge in [0.15, 0.2) is 0 Å². The van der Waals surface area contributed by atoms with Crippen LogP contribution in [-0.2, 0) is 22.6 Å². The van der Waals surface area contributed by atoms with Crippen LogP contribution in [0.4, 0.5) is 0 Å². The lowest BCUT2D eigenvalue weighted by Crippen LogP contribution is -2.10. The molecule has 0 spiro atoms. The molecular weight excluding hydrogens is 336 g/mol. The molecule has 0 amide bonds. The highest BCUT2D eigenvalue weighted by atomic mass is 35.5. The Morgan fingerprint density at radius 1 is 1.20 bits per heavy atom. The van der Waals surface area contributed by atoms with E-state index in [1.165, 1.54) is 25.5 Å². The topological polar surface area (TPSA) is 35.5 Å². The number of esters is 1. The maximum absolute atomic E-state index is 11.8. The Morgan fingerprint density at radius 2 is 1.92 bits per heavy atom. The van der Waals surface area contributed by atoms with Crippen LogP contribution in [0.2, 0.25) is 5.02 Å². The monoisotopic (exact) mass is 358 g/mol. The summed E-state index contributed by atoms with van der Waals surface area (Å²) in [6.45, 7) is 4.47. The van der Waals surface area contributed by atoms with E-state index in [2.05, 4.69) is 6.07 Å². The standard InChI is InChI=1S/C21H23ClO3/c1-13-9-19(22)20(10-14(13)2)25-12-18-16(11-21(23)24-3)5-4-6-17(18)15-7-8-15/h4-6,9-10,15H,7-8,11-12H2,1-3H3. The second-order valence-electron chi connectivity index (χ2n) is 6.67. The predicted octanol–water partition coefficient (Wildman–Crippen LogP) is 5.13. The van der Waals surface area contributed by atoms with Gasteiger partial charge in [-0.15, -0.1) is 0 Å². The molecule has 0 N–H and O–H groups in total. The van der Waals surface area contributed by atoms with E-state index < -0.39 is 0 Å². The number of carbonyl (C=O) groups is 1. The number of methoxy groups -OCH3 is 1. The second kappa shape index (κ2) is 7.49. The lowest BCUT2D eigenvalue weighted by molar-refractivity contribution is -0.139. The third-order valence-corrected chi connectivity index (χ3v) is 5.10. The molecule has 132 valence electrons. The first-order valence-corrected chi connectivity index (χ1v) is 8.94. The highest BCUT2D eigenvalue weighted by Gasteiger charge is 2.27. The van der Waals surface area contributed by atoms with Crippen molar-refractivity contribution in [2.75, 3.05) is 7.11 Å². The SMILES string of the molecule is COC(=O)Cc1cccc(C2CC2)c1COc1cc(C)c(C)cc1Cl. The summed E-state index contributed by atoms with van der Waals surface area (Å²) in [4.78, 5) is 11.8. The Labute approximate surface area is 153 Å². The Morgan fingerprint density at radius 3 is 2.60 bits per heavy atom. The molecule has 1 aliphatic carbocycles. The van der Waals surface area contributed by atoms with Gasteiger partial charge in [-0.3, -0.25) is 4.79 Å². The van der Waals surface area contributed by atoms with Crippen molar-refractivity contribution in [1.82, 2.24) is 0 Å². The van der Waals surface area contributed by atoms with Crippen molar-refractivity contribution in [2.24, 2.45) is 0 Å². The summed E-state index contributed by atoms with van der Waals surface area (Å²) in [7, 11) is 1.41. The van der Waals surface area contributed by atoms with E-state index in [0.717, 1.165) is 22.3 Å². The van der Waals surface area contributed by atoms with Gasteiger partial charge in [-0.1, -0.05) is 29.8 Å². The first kappa shape index (κ1) is 17.8. The van der Waals surface area contributed by atoms with Crippen LogP contribution in [-0.4, -0.2) is 13.1 Å². The minimum absolute atomic E-state index is 0.238. The zero-order valence-electron chi connectivity index (χ0n) is 14.9. The summed E-state index contributed by atoms with van der Waals surface area (Å²) >= 11 is 6.33. The molecule has 3 nitrogen and oxygen atoms in total. The molecular formula is C21H23ClO3. The number of benzene rings is 2. The van der Waals surface area contributed by atoms with Crippen LogP contribution in [0.25, 0.3) is 0 Å². The van der Waals surface area contributed by atoms with Crippen LogP contribution in [0, 0.1) is 13.8 Å². The Bertz CT molecular complexity index is 794. The summed E-state index contributed by atoms with van der Waals surface area (Å²) in [6, 6.07) is 10.0. The molecule has 0 atom stereocenters. The summed E-state index contributed by atoms with van der Waals surface area (Å²) in [6.07, 6.45) is 2.65. The van der Waals surface area contributed by atoms with E-state index in [9.17, 15) is 4.79 Å². The number of rotatable bonds is 6. The summed E-state index contributed by atoms with van der Waals surface area (Å²) in [5.74, 6) is 1.02. The van der Waals surface area contributed by atoms with Crippen molar-refractivity contribution >= 4 is 17.6 Å². The van der Waals surface area contributed by atoms with Gasteiger partial charge in [0, 0.05) is 0 Å². The Hall–Kier alpha value is -2.00. The van der Waals surface area contributed by atoms with Crippen molar-refractivity contribution in [3.8, 4) is 5.75 Å². The van der Waals surface area contributed by atoms with Crippen molar-refractivity contribution in [1.29, 1.82) is 0 Å². The van der Waals surface area contributed by atoms with E-state index in [-0.39, 0.29) is 12.4 Å². The highest BCUT2D eigenvalue weighted by molar-refractivity contribution is 6.32. The van der Waals surface area contributed by atoms with Crippen LogP contribution >= 0.6 is 11.6 Å². The maximum atomic E-state index is 11.8. The van der Waals surface area contributed by atoms with Crippen molar-refractivity contribution in [3.05, 3.63) is 63.2 Å². The summed E-state index contributed by atoms with van der Waals surface area (Å²) in [5, 5.41) is 0.613. The molecule has 0 aliphatic heterocycles. The normalized spacial score (nSPS) is 13.6. The van der Waals surface area contributed by atoms with Crippen molar-refractivity contribution < 1.29 is 14.3 Å². The number of aryl methyl sites for hydroxylation is 2. The van der Waals surface area contributed by atoms with Gasteiger partial charge in [-0.2, -0.15) is 0 Å². The van der Waals surface area contributed by atoms with Gasteiger partial charge >= 0.3 is 5.97 Å². The minimum Gasteiger partial charge on any atom is -0.487 e. The number of hydrogen-bond donors (Lipinski definition) is 0. The largest absolute Gasteiger partial charge is 0.487 e. The van der Waals surface area contributed by atoms with Crippen LogP contribution in [0.5, 0.6) is 5.75 Å². The minimum atomic E-state index is -0.238. The van der Waals surface area contributed by atoms with Gasteiger partial charge in [0.05, 0.1) is 18.6 Å². The second-order valence-corrected chi connectivity index (χ2v) is 7.07. The van der Waals surface area contributed by atoms with Crippen LogP contribution in [0.15, 0.2) is 30.3 Å². The third kappa shape index (κ3) is 4.16. The molecule has 0 bridgehead atoms. The molecule has 25 heavy (non-hydrogen) atoms. The Kier molecular flexibility index (Phi) is 5.33. The van der Waals surface area contributed by atoms with Crippen LogP contribution in [0.1, 0.15) is 46.6 Å². The smallest absolute Gasteiger partial charge is 0.309 e. The lowest BCUT2D eigenvalue weighted by atomic mass is 9.96. The molecule has 1 fully saturated rings. The summed E-state index contributed by atoms with van der Waals surface area (Å²) < 4.78 is 10.9. The Balaban J connectivity index is 1.88. The quantitative estimate of drug-likeness (QED) is 0.671. The zero-order valence-corrected chi connectivity index (χ0v) is 15.7. The fraction of sp³-hybridized carbons (Fsp3) is 0.381. The first-order chi connectivity index (χ1) is 12.0. The van der Waals surface area contributed by atoms with Crippen molar-refractivity contribution in [3.63, 3.8) is 0 Å². The number of halogens is 1. The van der Waals surface area contributed by atoms with Gasteiger partial charge in [0.25, 0.3) is 0 Å². The summed E-state index contributed by atoms with van der Waals surface area (Å²) in [5.41, 5.74) is 5.62. The van der Waals surface area contributed by atoms with E-state index in [1.54, 1.807) is 0 Å².